The van der Waals surface area contributed by atoms with E-state index in [1.54, 1.807) is 6.20 Å². The standard InChI is InChI=1S/C20H30ClN3O3/c1-13(23-15(3)25)11-26-17-9-16(10-17)12-27-20-19(21)18(6-7-22-20)24-8-4-5-14(24)2/h6-7,13-14,16-17H,4-5,8-12H2,1-3H3,(H,23,25)/t13-,14?,16-,17-/m0/s1. The monoisotopic (exact) mass is 395 g/mol. The van der Waals surface area contributed by atoms with Crippen LogP contribution in [0.25, 0.3) is 0 Å². The Hall–Kier alpha value is -1.53. The molecule has 6 nitrogen and oxygen atoms in total. The van der Waals surface area contributed by atoms with Gasteiger partial charge in [0.15, 0.2) is 0 Å². The van der Waals surface area contributed by atoms with Gasteiger partial charge in [-0.05, 0) is 51.5 Å². The number of halogens is 1. The zero-order valence-electron chi connectivity index (χ0n) is 16.4. The first-order valence-electron chi connectivity index (χ1n) is 9.86. The van der Waals surface area contributed by atoms with Gasteiger partial charge in [0.2, 0.25) is 11.8 Å². The zero-order valence-corrected chi connectivity index (χ0v) is 17.2. The molecule has 1 aliphatic carbocycles. The molecule has 1 aromatic rings. The minimum atomic E-state index is -0.0269. The predicted octanol–water partition coefficient (Wildman–Crippen LogP) is 3.42. The summed E-state index contributed by atoms with van der Waals surface area (Å²) < 4.78 is 11.7. The second-order valence-corrected chi connectivity index (χ2v) is 8.22. The van der Waals surface area contributed by atoms with Crippen LogP contribution in [0.3, 0.4) is 0 Å². The fourth-order valence-corrected chi connectivity index (χ4v) is 4.12. The largest absolute Gasteiger partial charge is 0.476 e. The molecule has 0 bridgehead atoms. The van der Waals surface area contributed by atoms with Gasteiger partial charge >= 0.3 is 0 Å². The van der Waals surface area contributed by atoms with Crippen molar-refractivity contribution in [3.8, 4) is 5.88 Å². The van der Waals surface area contributed by atoms with Crippen LogP contribution in [0.2, 0.25) is 5.02 Å². The molecule has 0 aromatic carbocycles. The van der Waals surface area contributed by atoms with E-state index in [0.717, 1.165) is 25.1 Å². The number of nitrogens with one attached hydrogen (secondary N) is 1. The third-order valence-corrected chi connectivity index (χ3v) is 5.73. The Balaban J connectivity index is 1.42. The molecular formula is C20H30ClN3O3. The van der Waals surface area contributed by atoms with Gasteiger partial charge in [0.1, 0.15) is 5.02 Å². The van der Waals surface area contributed by atoms with Gasteiger partial charge < -0.3 is 19.7 Å². The quantitative estimate of drug-likeness (QED) is 0.730. The van der Waals surface area contributed by atoms with Crippen molar-refractivity contribution < 1.29 is 14.3 Å². The molecule has 27 heavy (non-hydrogen) atoms. The fourth-order valence-electron chi connectivity index (χ4n) is 3.84. The van der Waals surface area contributed by atoms with Crippen LogP contribution in [0, 0.1) is 5.92 Å². The molecule has 2 aliphatic rings. The number of rotatable bonds is 8. The molecule has 7 heteroatoms. The number of pyridine rings is 1. The van der Waals surface area contributed by atoms with Gasteiger partial charge in [-0.1, -0.05) is 11.6 Å². The Morgan fingerprint density at radius 3 is 2.93 bits per heavy atom. The summed E-state index contributed by atoms with van der Waals surface area (Å²) in [4.78, 5) is 17.7. The number of amides is 1. The van der Waals surface area contributed by atoms with Crippen molar-refractivity contribution in [2.75, 3.05) is 24.7 Å². The average molecular weight is 396 g/mol. The summed E-state index contributed by atoms with van der Waals surface area (Å²) in [6, 6.07) is 2.51. The molecular weight excluding hydrogens is 366 g/mol. The number of aromatic nitrogens is 1. The van der Waals surface area contributed by atoms with Crippen LogP contribution in [0.15, 0.2) is 12.3 Å². The first-order chi connectivity index (χ1) is 12.9. The summed E-state index contributed by atoms with van der Waals surface area (Å²) in [5.41, 5.74) is 1.02. The Morgan fingerprint density at radius 1 is 1.48 bits per heavy atom. The predicted molar refractivity (Wildman–Crippen MR) is 107 cm³/mol. The van der Waals surface area contributed by atoms with E-state index in [1.165, 1.54) is 19.8 Å². The lowest BCUT2D eigenvalue weighted by Gasteiger charge is -2.35. The second kappa shape index (κ2) is 9.11. The lowest BCUT2D eigenvalue weighted by molar-refractivity contribution is -0.120. The first-order valence-corrected chi connectivity index (χ1v) is 10.2. The zero-order chi connectivity index (χ0) is 19.4. The van der Waals surface area contributed by atoms with Gasteiger partial charge in [0.05, 0.1) is 25.0 Å². The number of ether oxygens (including phenoxy) is 2. The topological polar surface area (TPSA) is 63.7 Å². The molecule has 1 amide bonds. The Morgan fingerprint density at radius 2 is 2.26 bits per heavy atom. The summed E-state index contributed by atoms with van der Waals surface area (Å²) in [6.07, 6.45) is 6.34. The molecule has 1 aliphatic heterocycles. The van der Waals surface area contributed by atoms with E-state index in [4.69, 9.17) is 21.1 Å². The molecule has 1 unspecified atom stereocenters. The normalized spacial score (nSPS) is 25.8. The van der Waals surface area contributed by atoms with Crippen LogP contribution >= 0.6 is 11.6 Å². The fraction of sp³-hybridized carbons (Fsp3) is 0.700. The van der Waals surface area contributed by atoms with Crippen molar-refractivity contribution in [1.82, 2.24) is 10.3 Å². The molecule has 1 saturated carbocycles. The van der Waals surface area contributed by atoms with Crippen molar-refractivity contribution in [1.29, 1.82) is 0 Å². The van der Waals surface area contributed by atoms with E-state index in [0.29, 0.717) is 36.1 Å². The number of hydrogen-bond donors (Lipinski definition) is 1. The molecule has 1 N–H and O–H groups in total. The maximum atomic E-state index is 11.0. The van der Waals surface area contributed by atoms with Crippen LogP contribution in [-0.4, -0.2) is 48.8 Å². The summed E-state index contributed by atoms with van der Waals surface area (Å²) in [6.45, 7) is 7.87. The van der Waals surface area contributed by atoms with Crippen LogP contribution in [-0.2, 0) is 9.53 Å². The summed E-state index contributed by atoms with van der Waals surface area (Å²) in [7, 11) is 0. The molecule has 0 spiro atoms. The smallest absolute Gasteiger partial charge is 0.234 e. The van der Waals surface area contributed by atoms with Crippen LogP contribution < -0.4 is 15.0 Å². The van der Waals surface area contributed by atoms with Crippen molar-refractivity contribution in [2.45, 2.75) is 64.6 Å². The van der Waals surface area contributed by atoms with Crippen molar-refractivity contribution >= 4 is 23.2 Å². The van der Waals surface area contributed by atoms with Crippen molar-refractivity contribution in [3.05, 3.63) is 17.3 Å². The Labute approximate surface area is 166 Å². The maximum absolute atomic E-state index is 11.0. The van der Waals surface area contributed by atoms with Gasteiger partial charge in [-0.3, -0.25) is 4.79 Å². The van der Waals surface area contributed by atoms with Crippen LogP contribution in [0.5, 0.6) is 5.88 Å². The van der Waals surface area contributed by atoms with Gasteiger partial charge in [-0.2, -0.15) is 0 Å². The molecule has 2 fully saturated rings. The highest BCUT2D eigenvalue weighted by Crippen LogP contribution is 2.37. The summed E-state index contributed by atoms with van der Waals surface area (Å²) >= 11 is 6.57. The molecule has 2 atom stereocenters. The lowest BCUT2D eigenvalue weighted by atomic mass is 9.83. The number of carbonyl (C=O) groups excluding carboxylic acids is 1. The Bertz CT molecular complexity index is 651. The maximum Gasteiger partial charge on any atom is 0.234 e. The van der Waals surface area contributed by atoms with E-state index >= 15 is 0 Å². The second-order valence-electron chi connectivity index (χ2n) is 7.84. The molecule has 1 aromatic heterocycles. The highest BCUT2D eigenvalue weighted by Gasteiger charge is 2.31. The number of nitrogens with zero attached hydrogens (tertiary/aromatic N) is 2. The van der Waals surface area contributed by atoms with Crippen molar-refractivity contribution in [3.63, 3.8) is 0 Å². The minimum Gasteiger partial charge on any atom is -0.476 e. The van der Waals surface area contributed by atoms with E-state index in [1.807, 2.05) is 13.0 Å². The summed E-state index contributed by atoms with van der Waals surface area (Å²) in [5.74, 6) is 0.955. The van der Waals surface area contributed by atoms with Gasteiger partial charge in [0.25, 0.3) is 0 Å². The molecule has 1 saturated heterocycles. The minimum absolute atomic E-state index is 0.0269. The molecule has 0 radical (unpaired) electrons. The lowest BCUT2D eigenvalue weighted by Crippen LogP contribution is -2.40. The molecule has 2 heterocycles. The van der Waals surface area contributed by atoms with E-state index in [-0.39, 0.29) is 18.1 Å². The number of anilines is 1. The van der Waals surface area contributed by atoms with E-state index in [2.05, 4.69) is 22.1 Å². The van der Waals surface area contributed by atoms with Crippen LogP contribution in [0.1, 0.15) is 46.5 Å². The van der Waals surface area contributed by atoms with Crippen molar-refractivity contribution in [2.24, 2.45) is 5.92 Å². The molecule has 3 rings (SSSR count). The van der Waals surface area contributed by atoms with E-state index in [9.17, 15) is 4.79 Å². The molecule has 150 valence electrons. The average Bonchev–Trinajstić information content (AvgIpc) is 2.99. The van der Waals surface area contributed by atoms with Gasteiger partial charge in [0, 0.05) is 31.7 Å². The van der Waals surface area contributed by atoms with E-state index < -0.39 is 0 Å². The first kappa shape index (κ1) is 20.2. The number of carbonyl (C=O) groups is 1. The summed E-state index contributed by atoms with van der Waals surface area (Å²) in [5, 5.41) is 3.44. The highest BCUT2D eigenvalue weighted by molar-refractivity contribution is 6.34. The highest BCUT2D eigenvalue weighted by atomic mass is 35.5. The third-order valence-electron chi connectivity index (χ3n) is 5.38. The van der Waals surface area contributed by atoms with Crippen LogP contribution in [0.4, 0.5) is 5.69 Å². The van der Waals surface area contributed by atoms with Gasteiger partial charge in [-0.25, -0.2) is 4.98 Å². The third kappa shape index (κ3) is 5.26. The number of hydrogen-bond acceptors (Lipinski definition) is 5. The Kier molecular flexibility index (Phi) is 6.82. The SMILES string of the molecule is CC(=O)N[C@@H](C)CO[C@H]1C[C@H](COc2nccc(N3CCCC3C)c2Cl)C1. The van der Waals surface area contributed by atoms with Gasteiger partial charge in [-0.15, -0.1) is 0 Å².